The average Bonchev–Trinajstić information content (AvgIpc) is 2.51. The Hall–Kier alpha value is -1.59. The second kappa shape index (κ2) is 8.31. The standard InChI is InChI=1S/C18H17BrO3S/c1-12(20)23-17(14-6-4-7-15(19)11-14)10-9-13-5-2-3-8-16(13)18(21)22/h2-8,11,17H,9-10H2,1H3,(H,21,22)/t17-/m1/s1. The maximum atomic E-state index is 11.6. The number of carboxylic acid groups (broad SMARTS) is 1. The third kappa shape index (κ3) is 5.22. The SMILES string of the molecule is CC(=O)S[C@H](CCc1ccccc1C(=O)O)c1cccc(Br)c1. The molecule has 0 radical (unpaired) electrons. The van der Waals surface area contributed by atoms with E-state index in [1.165, 1.54) is 11.8 Å². The molecule has 3 nitrogen and oxygen atoms in total. The lowest BCUT2D eigenvalue weighted by Gasteiger charge is -2.16. The van der Waals surface area contributed by atoms with E-state index in [0.29, 0.717) is 18.4 Å². The lowest BCUT2D eigenvalue weighted by molar-refractivity contribution is -0.109. The van der Waals surface area contributed by atoms with Gasteiger partial charge in [0, 0.05) is 16.6 Å². The summed E-state index contributed by atoms with van der Waals surface area (Å²) in [4.78, 5) is 22.8. The van der Waals surface area contributed by atoms with Crippen molar-refractivity contribution in [2.45, 2.75) is 25.0 Å². The normalized spacial score (nSPS) is 11.9. The number of carboxylic acids is 1. The first kappa shape index (κ1) is 17.8. The largest absolute Gasteiger partial charge is 0.478 e. The van der Waals surface area contributed by atoms with E-state index in [0.717, 1.165) is 15.6 Å². The topological polar surface area (TPSA) is 54.4 Å². The summed E-state index contributed by atoms with van der Waals surface area (Å²) in [6.45, 7) is 1.56. The number of hydrogen-bond donors (Lipinski definition) is 1. The van der Waals surface area contributed by atoms with Gasteiger partial charge in [-0.3, -0.25) is 4.79 Å². The van der Waals surface area contributed by atoms with Gasteiger partial charge in [0.05, 0.1) is 5.56 Å². The molecule has 2 aromatic rings. The summed E-state index contributed by atoms with van der Waals surface area (Å²) in [6.07, 6.45) is 1.31. The molecule has 120 valence electrons. The molecule has 1 atom stereocenters. The molecule has 0 unspecified atom stereocenters. The van der Waals surface area contributed by atoms with Crippen molar-refractivity contribution in [3.63, 3.8) is 0 Å². The fourth-order valence-electron chi connectivity index (χ4n) is 2.43. The van der Waals surface area contributed by atoms with Gasteiger partial charge < -0.3 is 5.11 Å². The third-order valence-electron chi connectivity index (χ3n) is 3.45. The third-order valence-corrected chi connectivity index (χ3v) is 5.07. The van der Waals surface area contributed by atoms with E-state index in [9.17, 15) is 14.7 Å². The average molecular weight is 393 g/mol. The van der Waals surface area contributed by atoms with Gasteiger partial charge in [-0.25, -0.2) is 4.79 Å². The van der Waals surface area contributed by atoms with Gasteiger partial charge in [0.1, 0.15) is 0 Å². The molecule has 0 bridgehead atoms. The Morgan fingerprint density at radius 1 is 1.17 bits per heavy atom. The molecular weight excluding hydrogens is 376 g/mol. The zero-order valence-electron chi connectivity index (χ0n) is 12.7. The van der Waals surface area contributed by atoms with Gasteiger partial charge in [0.15, 0.2) is 5.12 Å². The molecule has 2 rings (SSSR count). The Bertz CT molecular complexity index is 715. The fraction of sp³-hybridized carbons (Fsp3) is 0.222. The molecule has 0 spiro atoms. The van der Waals surface area contributed by atoms with E-state index >= 15 is 0 Å². The van der Waals surface area contributed by atoms with Crippen molar-refractivity contribution < 1.29 is 14.7 Å². The van der Waals surface area contributed by atoms with Crippen LogP contribution in [0.25, 0.3) is 0 Å². The number of carbonyl (C=O) groups excluding carboxylic acids is 1. The molecule has 0 fully saturated rings. The van der Waals surface area contributed by atoms with Crippen LogP contribution >= 0.6 is 27.7 Å². The molecule has 2 aromatic carbocycles. The molecule has 0 aromatic heterocycles. The van der Waals surface area contributed by atoms with Gasteiger partial charge in [-0.05, 0) is 42.2 Å². The Kier molecular flexibility index (Phi) is 6.42. The number of thioether (sulfide) groups is 1. The highest BCUT2D eigenvalue weighted by atomic mass is 79.9. The minimum absolute atomic E-state index is 0.00634. The first-order valence-corrected chi connectivity index (χ1v) is 8.88. The second-order valence-electron chi connectivity index (χ2n) is 5.15. The predicted molar refractivity (Wildman–Crippen MR) is 96.9 cm³/mol. The van der Waals surface area contributed by atoms with Crippen molar-refractivity contribution in [1.29, 1.82) is 0 Å². The van der Waals surface area contributed by atoms with Crippen LogP contribution in [0.15, 0.2) is 53.0 Å². The zero-order valence-corrected chi connectivity index (χ0v) is 15.1. The van der Waals surface area contributed by atoms with Crippen LogP contribution in [-0.2, 0) is 11.2 Å². The van der Waals surface area contributed by atoms with Crippen molar-refractivity contribution in [1.82, 2.24) is 0 Å². The Balaban J connectivity index is 2.19. The van der Waals surface area contributed by atoms with Crippen LogP contribution in [-0.4, -0.2) is 16.2 Å². The van der Waals surface area contributed by atoms with Crippen LogP contribution < -0.4 is 0 Å². The first-order valence-electron chi connectivity index (χ1n) is 7.21. The second-order valence-corrected chi connectivity index (χ2v) is 7.45. The Morgan fingerprint density at radius 2 is 1.91 bits per heavy atom. The summed E-state index contributed by atoms with van der Waals surface area (Å²) in [6, 6.07) is 14.9. The molecule has 0 saturated carbocycles. The van der Waals surface area contributed by atoms with Gasteiger partial charge in [-0.1, -0.05) is 58.0 Å². The number of benzene rings is 2. The number of aromatic carboxylic acids is 1. The number of aryl methyl sites for hydroxylation is 1. The summed E-state index contributed by atoms with van der Waals surface area (Å²) in [5.74, 6) is -0.918. The monoisotopic (exact) mass is 392 g/mol. The van der Waals surface area contributed by atoms with Gasteiger partial charge in [-0.2, -0.15) is 0 Å². The quantitative estimate of drug-likeness (QED) is 0.742. The molecular formula is C18H17BrO3S. The number of carbonyl (C=O) groups is 2. The zero-order chi connectivity index (χ0) is 16.8. The maximum Gasteiger partial charge on any atom is 0.335 e. The number of halogens is 1. The van der Waals surface area contributed by atoms with Crippen LogP contribution in [0.5, 0.6) is 0 Å². The van der Waals surface area contributed by atoms with Gasteiger partial charge >= 0.3 is 5.97 Å². The highest BCUT2D eigenvalue weighted by molar-refractivity contribution is 9.10. The van der Waals surface area contributed by atoms with Crippen LogP contribution in [0.2, 0.25) is 0 Å². The molecule has 23 heavy (non-hydrogen) atoms. The van der Waals surface area contributed by atoms with E-state index in [2.05, 4.69) is 15.9 Å². The van der Waals surface area contributed by atoms with E-state index in [1.54, 1.807) is 19.1 Å². The Labute approximate surface area is 148 Å². The van der Waals surface area contributed by atoms with Crippen LogP contribution in [0.1, 0.15) is 40.1 Å². The first-order chi connectivity index (χ1) is 11.0. The van der Waals surface area contributed by atoms with Gasteiger partial charge in [0.2, 0.25) is 0 Å². The van der Waals surface area contributed by atoms with E-state index in [4.69, 9.17) is 0 Å². The molecule has 0 aliphatic carbocycles. The van der Waals surface area contributed by atoms with Crippen molar-refractivity contribution in [3.8, 4) is 0 Å². The van der Waals surface area contributed by atoms with Crippen LogP contribution in [0, 0.1) is 0 Å². The van der Waals surface area contributed by atoms with Crippen LogP contribution in [0.3, 0.4) is 0 Å². The van der Waals surface area contributed by atoms with E-state index in [1.807, 2.05) is 36.4 Å². The van der Waals surface area contributed by atoms with Crippen molar-refractivity contribution >= 4 is 38.8 Å². The summed E-state index contributed by atoms with van der Waals surface area (Å²) < 4.78 is 0.968. The molecule has 5 heteroatoms. The fourth-order valence-corrected chi connectivity index (χ4v) is 3.77. The van der Waals surface area contributed by atoms with Crippen molar-refractivity contribution in [3.05, 3.63) is 69.7 Å². The number of rotatable bonds is 6. The summed E-state index contributed by atoms with van der Waals surface area (Å²) in [7, 11) is 0. The summed E-state index contributed by atoms with van der Waals surface area (Å²) in [5, 5.41) is 9.33. The van der Waals surface area contributed by atoms with Crippen molar-refractivity contribution in [2.75, 3.05) is 0 Å². The smallest absolute Gasteiger partial charge is 0.335 e. The van der Waals surface area contributed by atoms with Gasteiger partial charge in [0.25, 0.3) is 0 Å². The molecule has 1 N–H and O–H groups in total. The summed E-state index contributed by atoms with van der Waals surface area (Å²) in [5.41, 5.74) is 2.19. The maximum absolute atomic E-state index is 11.6. The highest BCUT2D eigenvalue weighted by Crippen LogP contribution is 2.35. The molecule has 0 aliphatic rings. The minimum Gasteiger partial charge on any atom is -0.478 e. The highest BCUT2D eigenvalue weighted by Gasteiger charge is 2.17. The van der Waals surface area contributed by atoms with Crippen molar-refractivity contribution in [2.24, 2.45) is 0 Å². The molecule has 0 amide bonds. The lowest BCUT2D eigenvalue weighted by Crippen LogP contribution is -2.05. The molecule has 0 heterocycles. The predicted octanol–water partition coefficient (Wildman–Crippen LogP) is 5.10. The van der Waals surface area contributed by atoms with Gasteiger partial charge in [-0.15, -0.1) is 0 Å². The number of hydrogen-bond acceptors (Lipinski definition) is 3. The molecule has 0 saturated heterocycles. The van der Waals surface area contributed by atoms with Crippen LogP contribution in [0.4, 0.5) is 0 Å². The molecule has 0 aliphatic heterocycles. The lowest BCUT2D eigenvalue weighted by atomic mass is 9.99. The Morgan fingerprint density at radius 3 is 2.57 bits per heavy atom. The minimum atomic E-state index is -0.918. The summed E-state index contributed by atoms with van der Waals surface area (Å²) >= 11 is 4.74. The van der Waals surface area contributed by atoms with E-state index in [-0.39, 0.29) is 10.4 Å². The van der Waals surface area contributed by atoms with E-state index < -0.39 is 5.97 Å².